The van der Waals surface area contributed by atoms with E-state index in [1.54, 1.807) is 0 Å². The molecule has 2 atom stereocenters. The van der Waals surface area contributed by atoms with Gasteiger partial charge in [-0.25, -0.2) is 0 Å². The minimum atomic E-state index is -0.907. The Hall–Kier alpha value is -2.70. The molecule has 0 saturated carbocycles. The number of carbonyl (C=O) groups is 4. The highest BCUT2D eigenvalue weighted by Crippen LogP contribution is 2.26. The Bertz CT molecular complexity index is 757. The van der Waals surface area contributed by atoms with Crippen LogP contribution in [-0.4, -0.2) is 58.7 Å². The summed E-state index contributed by atoms with van der Waals surface area (Å²) in [6.45, 7) is 2.55. The number of piperidine rings is 1. The molecule has 1 aromatic carbocycles. The van der Waals surface area contributed by atoms with Gasteiger partial charge in [-0.2, -0.15) is 0 Å². The van der Waals surface area contributed by atoms with Crippen molar-refractivity contribution in [2.24, 2.45) is 11.8 Å². The van der Waals surface area contributed by atoms with Gasteiger partial charge in [0, 0.05) is 25.7 Å². The van der Waals surface area contributed by atoms with Gasteiger partial charge in [0.1, 0.15) is 0 Å². The van der Waals surface area contributed by atoms with Gasteiger partial charge in [0.2, 0.25) is 0 Å². The summed E-state index contributed by atoms with van der Waals surface area (Å²) in [5.74, 6) is -2.53. The zero-order chi connectivity index (χ0) is 17.6. The summed E-state index contributed by atoms with van der Waals surface area (Å²) >= 11 is 0. The summed E-state index contributed by atoms with van der Waals surface area (Å²) in [4.78, 5) is 50.4. The second-order valence-electron chi connectivity index (χ2n) is 6.52. The third-order valence-electron chi connectivity index (χ3n) is 4.63. The van der Waals surface area contributed by atoms with Gasteiger partial charge in [-0.1, -0.05) is 6.92 Å². The first-order chi connectivity index (χ1) is 11.3. The smallest absolute Gasteiger partial charge is 0.308 e. The Kier molecular flexibility index (Phi) is 3.87. The van der Waals surface area contributed by atoms with E-state index in [1.807, 2.05) is 6.92 Å². The Morgan fingerprint density at radius 1 is 1.12 bits per heavy atom. The molecule has 0 spiro atoms. The molecule has 2 aliphatic rings. The van der Waals surface area contributed by atoms with Gasteiger partial charge in [-0.05, 0) is 30.5 Å². The van der Waals surface area contributed by atoms with Gasteiger partial charge in [0.15, 0.2) is 0 Å². The van der Waals surface area contributed by atoms with Crippen molar-refractivity contribution in [1.29, 1.82) is 0 Å². The van der Waals surface area contributed by atoms with E-state index in [2.05, 4.69) is 0 Å². The molecule has 0 bridgehead atoms. The van der Waals surface area contributed by atoms with Crippen molar-refractivity contribution in [3.63, 3.8) is 0 Å². The molecule has 0 radical (unpaired) electrons. The second kappa shape index (κ2) is 5.74. The summed E-state index contributed by atoms with van der Waals surface area (Å²) in [6.07, 6.45) is 0.543. The normalized spacial score (nSPS) is 23.4. The molecule has 3 amide bonds. The Morgan fingerprint density at radius 2 is 1.79 bits per heavy atom. The average molecular weight is 330 g/mol. The molecular formula is C17H18N2O5. The molecule has 0 aliphatic carbocycles. The van der Waals surface area contributed by atoms with Crippen LogP contribution >= 0.6 is 0 Å². The van der Waals surface area contributed by atoms with Gasteiger partial charge in [-0.15, -0.1) is 0 Å². The maximum atomic E-state index is 12.7. The van der Waals surface area contributed by atoms with Crippen LogP contribution in [-0.2, 0) is 4.79 Å². The highest BCUT2D eigenvalue weighted by molar-refractivity contribution is 6.21. The molecule has 0 aromatic heterocycles. The molecule has 7 nitrogen and oxygen atoms in total. The quantitative estimate of drug-likeness (QED) is 0.819. The minimum Gasteiger partial charge on any atom is -0.481 e. The van der Waals surface area contributed by atoms with E-state index < -0.39 is 17.8 Å². The third kappa shape index (κ3) is 2.55. The summed E-state index contributed by atoms with van der Waals surface area (Å²) in [5.41, 5.74) is 0.797. The summed E-state index contributed by atoms with van der Waals surface area (Å²) in [6, 6.07) is 4.42. The lowest BCUT2D eigenvalue weighted by molar-refractivity contribution is -0.143. The fourth-order valence-corrected chi connectivity index (χ4v) is 3.37. The number of rotatable bonds is 2. The zero-order valence-corrected chi connectivity index (χ0v) is 13.5. The molecule has 2 heterocycles. The van der Waals surface area contributed by atoms with E-state index in [1.165, 1.54) is 30.1 Å². The lowest BCUT2D eigenvalue weighted by Crippen LogP contribution is -2.45. The van der Waals surface area contributed by atoms with Gasteiger partial charge < -0.3 is 10.0 Å². The monoisotopic (exact) mass is 330 g/mol. The van der Waals surface area contributed by atoms with Crippen LogP contribution in [0.5, 0.6) is 0 Å². The lowest BCUT2D eigenvalue weighted by atomic mass is 9.90. The van der Waals surface area contributed by atoms with E-state index in [0.29, 0.717) is 18.5 Å². The number of carboxylic acid groups (broad SMARTS) is 1. The molecule has 1 saturated heterocycles. The SMILES string of the molecule is CC1CC(C(=O)O)CN(C(=O)c2ccc3c(c2)C(=O)N(C)C3=O)C1. The fraction of sp³-hybridized carbons (Fsp3) is 0.412. The Labute approximate surface area is 138 Å². The van der Waals surface area contributed by atoms with E-state index in [4.69, 9.17) is 0 Å². The fourth-order valence-electron chi connectivity index (χ4n) is 3.37. The maximum absolute atomic E-state index is 12.7. The van der Waals surface area contributed by atoms with Crippen molar-refractivity contribution in [1.82, 2.24) is 9.80 Å². The number of hydrogen-bond donors (Lipinski definition) is 1. The predicted molar refractivity (Wildman–Crippen MR) is 83.7 cm³/mol. The van der Waals surface area contributed by atoms with Crippen molar-refractivity contribution in [2.75, 3.05) is 20.1 Å². The average Bonchev–Trinajstić information content (AvgIpc) is 2.77. The number of aliphatic carboxylic acids is 1. The first kappa shape index (κ1) is 16.2. The van der Waals surface area contributed by atoms with E-state index in [9.17, 15) is 24.3 Å². The number of amides is 3. The highest BCUT2D eigenvalue weighted by Gasteiger charge is 2.35. The largest absolute Gasteiger partial charge is 0.481 e. The van der Waals surface area contributed by atoms with Crippen molar-refractivity contribution in [3.05, 3.63) is 34.9 Å². The molecule has 1 N–H and O–H groups in total. The summed E-state index contributed by atoms with van der Waals surface area (Å²) in [7, 11) is 1.40. The topological polar surface area (TPSA) is 95.0 Å². The summed E-state index contributed by atoms with van der Waals surface area (Å²) in [5, 5.41) is 9.22. The molecule has 24 heavy (non-hydrogen) atoms. The standard InChI is InChI=1S/C17H18N2O5/c1-9-5-11(17(23)24)8-19(7-9)14(20)10-3-4-12-13(6-10)16(22)18(2)15(12)21/h3-4,6,9,11H,5,7-8H2,1-2H3,(H,23,24). The van der Waals surface area contributed by atoms with Crippen molar-refractivity contribution in [2.45, 2.75) is 13.3 Å². The molecule has 1 aromatic rings. The van der Waals surface area contributed by atoms with Crippen LogP contribution in [0.3, 0.4) is 0 Å². The lowest BCUT2D eigenvalue weighted by Gasteiger charge is -2.34. The van der Waals surface area contributed by atoms with E-state index in [-0.39, 0.29) is 35.4 Å². The molecule has 2 aliphatic heterocycles. The van der Waals surface area contributed by atoms with E-state index in [0.717, 1.165) is 4.90 Å². The number of fused-ring (bicyclic) bond motifs is 1. The number of carbonyl (C=O) groups excluding carboxylic acids is 3. The van der Waals surface area contributed by atoms with Gasteiger partial charge in [-0.3, -0.25) is 24.1 Å². The first-order valence-corrected chi connectivity index (χ1v) is 7.78. The summed E-state index contributed by atoms with van der Waals surface area (Å²) < 4.78 is 0. The first-order valence-electron chi connectivity index (χ1n) is 7.78. The Morgan fingerprint density at radius 3 is 2.46 bits per heavy atom. The van der Waals surface area contributed by atoms with Crippen LogP contribution in [0.4, 0.5) is 0 Å². The van der Waals surface area contributed by atoms with E-state index >= 15 is 0 Å². The van der Waals surface area contributed by atoms with Crippen LogP contribution in [0.2, 0.25) is 0 Å². The highest BCUT2D eigenvalue weighted by atomic mass is 16.4. The number of carboxylic acids is 1. The van der Waals surface area contributed by atoms with Crippen molar-refractivity contribution in [3.8, 4) is 0 Å². The van der Waals surface area contributed by atoms with Gasteiger partial charge >= 0.3 is 5.97 Å². The van der Waals surface area contributed by atoms with Crippen LogP contribution in [0.15, 0.2) is 18.2 Å². The number of benzene rings is 1. The zero-order valence-electron chi connectivity index (χ0n) is 13.5. The Balaban J connectivity index is 1.87. The van der Waals surface area contributed by atoms with Crippen LogP contribution in [0, 0.1) is 11.8 Å². The number of imide groups is 1. The second-order valence-corrected chi connectivity index (χ2v) is 6.52. The molecular weight excluding hydrogens is 312 g/mol. The molecule has 7 heteroatoms. The maximum Gasteiger partial charge on any atom is 0.308 e. The van der Waals surface area contributed by atoms with Crippen molar-refractivity contribution < 1.29 is 24.3 Å². The minimum absolute atomic E-state index is 0.0903. The van der Waals surface area contributed by atoms with Crippen LogP contribution in [0.25, 0.3) is 0 Å². The van der Waals surface area contributed by atoms with Crippen LogP contribution < -0.4 is 0 Å². The molecule has 3 rings (SSSR count). The van der Waals surface area contributed by atoms with Crippen molar-refractivity contribution >= 4 is 23.7 Å². The number of hydrogen-bond acceptors (Lipinski definition) is 4. The molecule has 1 fully saturated rings. The molecule has 2 unspecified atom stereocenters. The van der Waals surface area contributed by atoms with Gasteiger partial charge in [0.25, 0.3) is 17.7 Å². The number of nitrogens with zero attached hydrogens (tertiary/aromatic N) is 2. The number of likely N-dealkylation sites (tertiary alicyclic amines) is 1. The predicted octanol–water partition coefficient (Wildman–Crippen LogP) is 1.10. The third-order valence-corrected chi connectivity index (χ3v) is 4.63. The molecule has 126 valence electrons. The van der Waals surface area contributed by atoms with Crippen LogP contribution in [0.1, 0.15) is 44.4 Å². The van der Waals surface area contributed by atoms with Gasteiger partial charge in [0.05, 0.1) is 17.0 Å².